The van der Waals surface area contributed by atoms with Gasteiger partial charge in [0.05, 0.1) is 11.5 Å². The van der Waals surface area contributed by atoms with Crippen molar-refractivity contribution in [3.05, 3.63) is 0 Å². The molecule has 1 heterocycles. The zero-order valence-electron chi connectivity index (χ0n) is 13.2. The van der Waals surface area contributed by atoms with Gasteiger partial charge < -0.3 is 10.2 Å². The number of sulfone groups is 1. The Morgan fingerprint density at radius 3 is 2.50 bits per heavy atom. The van der Waals surface area contributed by atoms with Gasteiger partial charge in [0, 0.05) is 25.7 Å². The number of rotatable bonds is 5. The molecule has 0 aromatic rings. The Balaban J connectivity index is 1.91. The molecule has 0 bridgehead atoms. The fraction of sp³-hybridized carbons (Fsp3) is 1.00. The van der Waals surface area contributed by atoms with E-state index in [1.807, 2.05) is 0 Å². The normalized spacial score (nSPS) is 33.4. The molecule has 1 aliphatic carbocycles. The largest absolute Gasteiger partial charge is 0.313 e. The minimum absolute atomic E-state index is 0.343. The lowest BCUT2D eigenvalue weighted by atomic mass is 9.84. The van der Waals surface area contributed by atoms with Crippen molar-refractivity contribution in [2.75, 3.05) is 37.7 Å². The highest BCUT2D eigenvalue weighted by Crippen LogP contribution is 2.41. The molecule has 2 fully saturated rings. The smallest absolute Gasteiger partial charge is 0.152 e. The van der Waals surface area contributed by atoms with E-state index in [0.29, 0.717) is 28.9 Å². The third-order valence-corrected chi connectivity index (χ3v) is 6.63. The van der Waals surface area contributed by atoms with Crippen molar-refractivity contribution < 1.29 is 8.42 Å². The molecule has 2 aliphatic rings. The number of nitrogens with one attached hydrogen (secondary N) is 1. The molecule has 0 aromatic carbocycles. The van der Waals surface area contributed by atoms with Crippen molar-refractivity contribution in [1.82, 2.24) is 10.2 Å². The molecule has 0 amide bonds. The van der Waals surface area contributed by atoms with Gasteiger partial charge in [0.1, 0.15) is 0 Å². The molecule has 4 nitrogen and oxygen atoms in total. The maximum absolute atomic E-state index is 11.5. The molecule has 0 aromatic heterocycles. The van der Waals surface area contributed by atoms with E-state index in [2.05, 4.69) is 31.0 Å². The molecule has 2 unspecified atom stereocenters. The number of hydrogen-bond donors (Lipinski definition) is 1. The zero-order chi connectivity index (χ0) is 14.8. The first-order chi connectivity index (χ1) is 9.34. The van der Waals surface area contributed by atoms with Gasteiger partial charge in [0.25, 0.3) is 0 Å². The average Bonchev–Trinajstić information content (AvgIpc) is 2.65. The topological polar surface area (TPSA) is 49.4 Å². The van der Waals surface area contributed by atoms with Crippen LogP contribution in [0.2, 0.25) is 0 Å². The second kappa shape index (κ2) is 6.32. The van der Waals surface area contributed by atoms with Gasteiger partial charge in [-0.25, -0.2) is 8.42 Å². The first kappa shape index (κ1) is 16.2. The predicted octanol–water partition coefficient (Wildman–Crippen LogP) is 1.52. The van der Waals surface area contributed by atoms with E-state index in [-0.39, 0.29) is 0 Å². The molecule has 1 N–H and O–H groups in total. The summed E-state index contributed by atoms with van der Waals surface area (Å²) >= 11 is 0. The lowest BCUT2D eigenvalue weighted by molar-refractivity contribution is 0.191. The predicted molar refractivity (Wildman–Crippen MR) is 83.7 cm³/mol. The molecule has 0 spiro atoms. The Morgan fingerprint density at radius 1 is 1.25 bits per heavy atom. The van der Waals surface area contributed by atoms with Crippen LogP contribution in [0.3, 0.4) is 0 Å². The zero-order valence-corrected chi connectivity index (χ0v) is 14.0. The molecule has 1 saturated heterocycles. The Bertz CT molecular complexity index is 406. The average molecular weight is 302 g/mol. The summed E-state index contributed by atoms with van der Waals surface area (Å²) in [6, 6.07) is 0.570. The van der Waals surface area contributed by atoms with Crippen LogP contribution in [0.1, 0.15) is 40.0 Å². The lowest BCUT2D eigenvalue weighted by Gasteiger charge is -2.35. The Labute approximate surface area is 124 Å². The standard InChI is InChI=1S/C15H30N2O2S/c1-4-7-16-14-13(5-6-15(14,2)3)12-17-8-10-20(18,19)11-9-17/h13-14,16H,4-12H2,1-3H3. The summed E-state index contributed by atoms with van der Waals surface area (Å²) < 4.78 is 23.0. The third-order valence-electron chi connectivity index (χ3n) is 5.02. The molecular weight excluding hydrogens is 272 g/mol. The molecule has 2 rings (SSSR count). The lowest BCUT2D eigenvalue weighted by Crippen LogP contribution is -2.48. The van der Waals surface area contributed by atoms with Gasteiger partial charge in [0.15, 0.2) is 9.84 Å². The first-order valence-corrected chi connectivity index (χ1v) is 9.82. The van der Waals surface area contributed by atoms with Crippen molar-refractivity contribution in [2.24, 2.45) is 11.3 Å². The van der Waals surface area contributed by atoms with Crippen LogP contribution in [-0.2, 0) is 9.84 Å². The summed E-state index contributed by atoms with van der Waals surface area (Å²) in [6.45, 7) is 10.5. The van der Waals surface area contributed by atoms with Crippen LogP contribution in [-0.4, -0.2) is 57.0 Å². The molecule has 1 saturated carbocycles. The Kier molecular flexibility index (Phi) is 5.14. The van der Waals surface area contributed by atoms with Gasteiger partial charge in [-0.3, -0.25) is 0 Å². The van der Waals surface area contributed by atoms with E-state index in [0.717, 1.165) is 26.2 Å². The van der Waals surface area contributed by atoms with E-state index in [4.69, 9.17) is 0 Å². The van der Waals surface area contributed by atoms with Gasteiger partial charge in [-0.05, 0) is 37.1 Å². The van der Waals surface area contributed by atoms with Crippen molar-refractivity contribution in [1.29, 1.82) is 0 Å². The van der Waals surface area contributed by atoms with Crippen LogP contribution in [0.25, 0.3) is 0 Å². The molecule has 1 aliphatic heterocycles. The minimum atomic E-state index is -2.76. The van der Waals surface area contributed by atoms with Crippen LogP contribution in [0.4, 0.5) is 0 Å². The van der Waals surface area contributed by atoms with Crippen LogP contribution >= 0.6 is 0 Å². The highest BCUT2D eigenvalue weighted by Gasteiger charge is 2.42. The van der Waals surface area contributed by atoms with Gasteiger partial charge in [-0.15, -0.1) is 0 Å². The van der Waals surface area contributed by atoms with E-state index >= 15 is 0 Å². The molecule has 5 heteroatoms. The fourth-order valence-electron chi connectivity index (χ4n) is 3.72. The van der Waals surface area contributed by atoms with Crippen molar-refractivity contribution in [2.45, 2.75) is 46.1 Å². The quantitative estimate of drug-likeness (QED) is 0.836. The molecular formula is C15H30N2O2S. The van der Waals surface area contributed by atoms with E-state index in [9.17, 15) is 8.42 Å². The van der Waals surface area contributed by atoms with Gasteiger partial charge in [-0.1, -0.05) is 20.8 Å². The van der Waals surface area contributed by atoms with Crippen LogP contribution in [0.5, 0.6) is 0 Å². The second-order valence-electron chi connectivity index (χ2n) is 7.17. The van der Waals surface area contributed by atoms with Crippen LogP contribution in [0.15, 0.2) is 0 Å². The Morgan fingerprint density at radius 2 is 1.90 bits per heavy atom. The third kappa shape index (κ3) is 3.95. The van der Waals surface area contributed by atoms with Crippen molar-refractivity contribution >= 4 is 9.84 Å². The SMILES string of the molecule is CCCNC1C(CN2CCS(=O)(=O)CC2)CCC1(C)C. The highest BCUT2D eigenvalue weighted by atomic mass is 32.2. The summed E-state index contributed by atoms with van der Waals surface area (Å²) in [5, 5.41) is 3.73. The second-order valence-corrected chi connectivity index (χ2v) is 9.48. The van der Waals surface area contributed by atoms with Gasteiger partial charge in [0.2, 0.25) is 0 Å². The maximum Gasteiger partial charge on any atom is 0.152 e. The van der Waals surface area contributed by atoms with Gasteiger partial charge in [-0.2, -0.15) is 0 Å². The summed E-state index contributed by atoms with van der Waals surface area (Å²) in [6.07, 6.45) is 3.70. The van der Waals surface area contributed by atoms with Gasteiger partial charge >= 0.3 is 0 Å². The summed E-state index contributed by atoms with van der Waals surface area (Å²) in [5.74, 6) is 1.35. The Hall–Kier alpha value is -0.130. The summed E-state index contributed by atoms with van der Waals surface area (Å²) in [7, 11) is -2.76. The molecule has 0 radical (unpaired) electrons. The van der Waals surface area contributed by atoms with E-state index in [1.165, 1.54) is 19.3 Å². The highest BCUT2D eigenvalue weighted by molar-refractivity contribution is 7.91. The molecule has 118 valence electrons. The first-order valence-electron chi connectivity index (χ1n) is 8.00. The molecule has 2 atom stereocenters. The summed E-state index contributed by atoms with van der Waals surface area (Å²) in [4.78, 5) is 2.35. The maximum atomic E-state index is 11.5. The molecule has 20 heavy (non-hydrogen) atoms. The van der Waals surface area contributed by atoms with E-state index < -0.39 is 9.84 Å². The van der Waals surface area contributed by atoms with Crippen LogP contribution < -0.4 is 5.32 Å². The monoisotopic (exact) mass is 302 g/mol. The minimum Gasteiger partial charge on any atom is -0.313 e. The number of hydrogen-bond acceptors (Lipinski definition) is 4. The number of nitrogens with zero attached hydrogens (tertiary/aromatic N) is 1. The van der Waals surface area contributed by atoms with Crippen molar-refractivity contribution in [3.63, 3.8) is 0 Å². The van der Waals surface area contributed by atoms with Crippen LogP contribution in [0, 0.1) is 11.3 Å². The van der Waals surface area contributed by atoms with E-state index in [1.54, 1.807) is 0 Å². The summed E-state index contributed by atoms with van der Waals surface area (Å²) in [5.41, 5.74) is 0.363. The van der Waals surface area contributed by atoms with Crippen molar-refractivity contribution in [3.8, 4) is 0 Å². The fourth-order valence-corrected chi connectivity index (χ4v) is 5.00.